The molecule has 2 aromatic heterocycles. The molecule has 172 valence electrons. The number of nitrogen functional groups attached to an aromatic ring is 1. The maximum atomic E-state index is 12.4. The van der Waals surface area contributed by atoms with Gasteiger partial charge in [0.25, 0.3) is 0 Å². The third-order valence-corrected chi connectivity index (χ3v) is 4.71. The Morgan fingerprint density at radius 1 is 1.15 bits per heavy atom. The Balaban J connectivity index is 1.49. The molecule has 0 radical (unpaired) electrons. The topological polar surface area (TPSA) is 153 Å². The molecule has 2 heterocycles. The van der Waals surface area contributed by atoms with Crippen molar-refractivity contribution in [2.24, 2.45) is 10.7 Å². The first-order valence-electron chi connectivity index (χ1n) is 9.89. The number of nitrogens with one attached hydrogen (secondary N) is 2. The van der Waals surface area contributed by atoms with Crippen LogP contribution < -0.4 is 26.8 Å². The summed E-state index contributed by atoms with van der Waals surface area (Å²) in [5.74, 6) is -0.0115. The first-order chi connectivity index (χ1) is 15.9. The highest BCUT2D eigenvalue weighted by molar-refractivity contribution is 6.32. The number of rotatable bonds is 9. The van der Waals surface area contributed by atoms with E-state index in [2.05, 4.69) is 30.6 Å². The first-order valence-corrected chi connectivity index (χ1v) is 10.6. The van der Waals surface area contributed by atoms with Crippen LogP contribution in [-0.2, 0) is 6.54 Å². The summed E-state index contributed by atoms with van der Waals surface area (Å²) in [5.41, 5.74) is 12.4. The molecule has 0 aliphatic heterocycles. The van der Waals surface area contributed by atoms with Crippen LogP contribution in [0, 0.1) is 0 Å². The maximum Gasteiger partial charge on any atom is 0.302 e. The zero-order chi connectivity index (χ0) is 23.6. The molecular formula is C21H22Cl2N8O2. The van der Waals surface area contributed by atoms with Crippen LogP contribution in [0.1, 0.15) is 22.5 Å². The number of anilines is 2. The van der Waals surface area contributed by atoms with Crippen LogP contribution in [0.3, 0.4) is 0 Å². The lowest BCUT2D eigenvalue weighted by Gasteiger charge is -2.10. The van der Waals surface area contributed by atoms with Crippen molar-refractivity contribution in [1.82, 2.24) is 20.3 Å². The van der Waals surface area contributed by atoms with Gasteiger partial charge in [0.1, 0.15) is 5.75 Å². The zero-order valence-electron chi connectivity index (χ0n) is 17.5. The van der Waals surface area contributed by atoms with Gasteiger partial charge in [0.15, 0.2) is 28.4 Å². The van der Waals surface area contributed by atoms with Gasteiger partial charge in [-0.25, -0.2) is 9.97 Å². The number of pyridine rings is 1. The van der Waals surface area contributed by atoms with E-state index in [0.717, 1.165) is 5.56 Å². The van der Waals surface area contributed by atoms with Gasteiger partial charge in [0.2, 0.25) is 0 Å². The summed E-state index contributed by atoms with van der Waals surface area (Å²) >= 11 is 12.0. The molecule has 0 aliphatic rings. The third kappa shape index (κ3) is 7.48. The van der Waals surface area contributed by atoms with E-state index < -0.39 is 5.91 Å². The second kappa shape index (κ2) is 11.8. The zero-order valence-corrected chi connectivity index (χ0v) is 19.0. The molecule has 12 heteroatoms. The van der Waals surface area contributed by atoms with E-state index in [1.54, 1.807) is 36.7 Å². The Bertz CT molecular complexity index is 1110. The van der Waals surface area contributed by atoms with Crippen molar-refractivity contribution in [3.8, 4) is 5.75 Å². The van der Waals surface area contributed by atoms with E-state index in [4.69, 9.17) is 39.4 Å². The van der Waals surface area contributed by atoms with Crippen LogP contribution >= 0.6 is 23.2 Å². The van der Waals surface area contributed by atoms with Crippen LogP contribution in [0.15, 0.2) is 53.8 Å². The summed E-state index contributed by atoms with van der Waals surface area (Å²) in [7, 11) is 0. The summed E-state index contributed by atoms with van der Waals surface area (Å²) < 4.78 is 5.58. The predicted octanol–water partition coefficient (Wildman–Crippen LogP) is 2.89. The number of hydrogen-bond donors (Lipinski definition) is 4. The summed E-state index contributed by atoms with van der Waals surface area (Å²) in [4.78, 5) is 28.3. The van der Waals surface area contributed by atoms with Gasteiger partial charge in [-0.3, -0.25) is 9.78 Å². The fourth-order valence-electron chi connectivity index (χ4n) is 2.60. The van der Waals surface area contributed by atoms with Crippen molar-refractivity contribution >= 4 is 46.7 Å². The normalized spacial score (nSPS) is 11.2. The molecule has 33 heavy (non-hydrogen) atoms. The lowest BCUT2D eigenvalue weighted by atomic mass is 10.3. The maximum absolute atomic E-state index is 12.4. The average Bonchev–Trinajstić information content (AvgIpc) is 2.81. The predicted molar refractivity (Wildman–Crippen MR) is 129 cm³/mol. The van der Waals surface area contributed by atoms with E-state index in [1.807, 2.05) is 12.1 Å². The van der Waals surface area contributed by atoms with Crippen molar-refractivity contribution in [2.45, 2.75) is 13.0 Å². The van der Waals surface area contributed by atoms with Crippen LogP contribution in [0.2, 0.25) is 10.2 Å². The molecule has 0 bridgehead atoms. The van der Waals surface area contributed by atoms with Gasteiger partial charge in [0.05, 0.1) is 6.61 Å². The molecule has 0 aliphatic carbocycles. The van der Waals surface area contributed by atoms with Crippen molar-refractivity contribution in [3.05, 3.63) is 70.2 Å². The lowest BCUT2D eigenvalue weighted by molar-refractivity contribution is 0.0998. The molecule has 0 atom stereocenters. The van der Waals surface area contributed by atoms with Crippen molar-refractivity contribution in [3.63, 3.8) is 0 Å². The lowest BCUT2D eigenvalue weighted by Crippen LogP contribution is -2.34. The van der Waals surface area contributed by atoms with Gasteiger partial charge in [-0.05, 0) is 42.3 Å². The SMILES string of the molecule is N/C(=N\C(=O)c1nc(Cl)c(NCc2cccnc2)nc1N)NCCCOc1ccc(Cl)cc1. The van der Waals surface area contributed by atoms with Crippen LogP contribution in [0.4, 0.5) is 11.6 Å². The molecule has 0 fully saturated rings. The second-order valence-electron chi connectivity index (χ2n) is 6.70. The van der Waals surface area contributed by atoms with Crippen molar-refractivity contribution < 1.29 is 9.53 Å². The van der Waals surface area contributed by atoms with Crippen LogP contribution in [-0.4, -0.2) is 40.0 Å². The molecule has 1 amide bonds. The van der Waals surface area contributed by atoms with Gasteiger partial charge >= 0.3 is 5.91 Å². The van der Waals surface area contributed by atoms with Crippen LogP contribution in [0.25, 0.3) is 0 Å². The molecule has 6 N–H and O–H groups in total. The Labute approximate surface area is 200 Å². The van der Waals surface area contributed by atoms with E-state index in [-0.39, 0.29) is 28.4 Å². The molecule has 3 aromatic rings. The Morgan fingerprint density at radius 2 is 1.94 bits per heavy atom. The molecule has 3 rings (SSSR count). The van der Waals surface area contributed by atoms with E-state index in [1.165, 1.54) is 0 Å². The molecule has 1 aromatic carbocycles. The monoisotopic (exact) mass is 488 g/mol. The third-order valence-electron chi connectivity index (χ3n) is 4.20. The van der Waals surface area contributed by atoms with Crippen LogP contribution in [0.5, 0.6) is 5.75 Å². The molecule has 0 unspecified atom stereocenters. The largest absolute Gasteiger partial charge is 0.494 e. The Kier molecular flexibility index (Phi) is 8.62. The number of amides is 1. The number of aromatic nitrogens is 3. The summed E-state index contributed by atoms with van der Waals surface area (Å²) in [6.45, 7) is 1.29. The number of nitrogens with zero attached hydrogens (tertiary/aromatic N) is 4. The number of carbonyl (C=O) groups is 1. The molecule has 0 saturated heterocycles. The number of nitrogens with two attached hydrogens (primary N) is 2. The smallest absolute Gasteiger partial charge is 0.302 e. The summed E-state index contributed by atoms with van der Waals surface area (Å²) in [5, 5.41) is 6.45. The van der Waals surface area contributed by atoms with E-state index in [9.17, 15) is 4.79 Å². The van der Waals surface area contributed by atoms with E-state index >= 15 is 0 Å². The fraction of sp³-hybridized carbons (Fsp3) is 0.190. The van der Waals surface area contributed by atoms with Gasteiger partial charge in [0, 0.05) is 30.5 Å². The van der Waals surface area contributed by atoms with Crippen molar-refractivity contribution in [2.75, 3.05) is 24.2 Å². The highest BCUT2D eigenvalue weighted by Gasteiger charge is 2.17. The minimum Gasteiger partial charge on any atom is -0.494 e. The van der Waals surface area contributed by atoms with Crippen molar-refractivity contribution in [1.29, 1.82) is 0 Å². The van der Waals surface area contributed by atoms with Gasteiger partial charge in [-0.2, -0.15) is 4.99 Å². The Morgan fingerprint density at radius 3 is 2.67 bits per heavy atom. The minimum absolute atomic E-state index is 0.0162. The minimum atomic E-state index is -0.761. The second-order valence-corrected chi connectivity index (χ2v) is 7.49. The number of guanidine groups is 1. The quantitative estimate of drug-likeness (QED) is 0.202. The summed E-state index contributed by atoms with van der Waals surface area (Å²) in [6, 6.07) is 10.7. The van der Waals surface area contributed by atoms with Gasteiger partial charge in [-0.15, -0.1) is 0 Å². The number of halogens is 2. The highest BCUT2D eigenvalue weighted by Crippen LogP contribution is 2.21. The Hall–Kier alpha value is -3.63. The number of hydrogen-bond acceptors (Lipinski definition) is 7. The molecular weight excluding hydrogens is 467 g/mol. The summed E-state index contributed by atoms with van der Waals surface area (Å²) in [6.07, 6.45) is 3.99. The molecule has 0 spiro atoms. The van der Waals surface area contributed by atoms with E-state index in [0.29, 0.717) is 36.9 Å². The van der Waals surface area contributed by atoms with Gasteiger partial charge in [-0.1, -0.05) is 29.3 Å². The molecule has 0 saturated carbocycles. The average molecular weight is 489 g/mol. The number of carbonyl (C=O) groups excluding carboxylic acids is 1. The number of ether oxygens (including phenoxy) is 1. The van der Waals surface area contributed by atoms with Gasteiger partial charge < -0.3 is 26.8 Å². The highest BCUT2D eigenvalue weighted by atomic mass is 35.5. The number of aliphatic imine (C=N–C) groups is 1. The number of benzene rings is 1. The fourth-order valence-corrected chi connectivity index (χ4v) is 2.92. The molecule has 10 nitrogen and oxygen atoms in total. The first kappa shape index (κ1) is 24.0. The standard InChI is InChI=1S/C21H22Cl2N8O2/c22-14-4-6-15(7-5-14)33-10-2-9-27-21(25)31-20(32)16-18(24)30-19(17(23)29-16)28-12-13-3-1-8-26-11-13/h1,3-8,11H,2,9-10,12H2,(H3,24,28,30)(H3,25,27,31,32).